The van der Waals surface area contributed by atoms with E-state index >= 15 is 0 Å². The van der Waals surface area contributed by atoms with Crippen LogP contribution in [0.3, 0.4) is 0 Å². The van der Waals surface area contributed by atoms with Gasteiger partial charge in [-0.15, -0.1) is 0 Å². The van der Waals surface area contributed by atoms with Crippen molar-refractivity contribution >= 4 is 23.9 Å². The molecule has 2 amide bonds. The lowest BCUT2D eigenvalue weighted by molar-refractivity contribution is -0.128. The van der Waals surface area contributed by atoms with Crippen molar-refractivity contribution < 1.29 is 23.9 Å². The van der Waals surface area contributed by atoms with Crippen LogP contribution in [-0.4, -0.2) is 31.0 Å². The third-order valence-corrected chi connectivity index (χ3v) is 3.29. The Hall–Kier alpha value is -3.61. The fraction of sp³-hybridized carbons (Fsp3) is 0.150. The van der Waals surface area contributed by atoms with E-state index in [-0.39, 0.29) is 6.61 Å². The number of esters is 1. The largest absolute Gasteiger partial charge is 0.484 e. The molecule has 0 saturated heterocycles. The summed E-state index contributed by atoms with van der Waals surface area (Å²) in [7, 11) is 0. The Morgan fingerprint density at radius 2 is 1.67 bits per heavy atom. The van der Waals surface area contributed by atoms with Gasteiger partial charge in [-0.1, -0.05) is 30.3 Å². The standard InChI is InChI=1S/C20H20N2O5/c1-2-26-20(25)16-9-11-17(12-10-16)27-14-19(24)22-21-18(23)13-8-15-6-4-3-5-7-15/h3-13H,2,14H2,1H3,(H,21,23)(H,22,24)/b13-8+. The first kappa shape index (κ1) is 19.7. The number of amides is 2. The molecule has 7 heteroatoms. The maximum Gasteiger partial charge on any atom is 0.338 e. The second kappa shape index (κ2) is 10.4. The van der Waals surface area contributed by atoms with Gasteiger partial charge in [0.05, 0.1) is 12.2 Å². The predicted octanol–water partition coefficient (Wildman–Crippen LogP) is 2.10. The van der Waals surface area contributed by atoms with Gasteiger partial charge in [-0.3, -0.25) is 20.4 Å². The molecule has 0 aliphatic heterocycles. The zero-order chi connectivity index (χ0) is 19.5. The summed E-state index contributed by atoms with van der Waals surface area (Å²) in [5.41, 5.74) is 5.77. The monoisotopic (exact) mass is 368 g/mol. The minimum atomic E-state index is -0.522. The number of benzene rings is 2. The van der Waals surface area contributed by atoms with Gasteiger partial charge >= 0.3 is 5.97 Å². The van der Waals surface area contributed by atoms with Crippen LogP contribution in [0.4, 0.5) is 0 Å². The fourth-order valence-electron chi connectivity index (χ4n) is 2.00. The summed E-state index contributed by atoms with van der Waals surface area (Å²) >= 11 is 0. The van der Waals surface area contributed by atoms with Gasteiger partial charge in [0.15, 0.2) is 6.61 Å². The molecule has 0 heterocycles. The van der Waals surface area contributed by atoms with Gasteiger partial charge in [-0.25, -0.2) is 4.79 Å². The highest BCUT2D eigenvalue weighted by Gasteiger charge is 2.07. The van der Waals surface area contributed by atoms with Crippen LogP contribution < -0.4 is 15.6 Å². The molecule has 0 unspecified atom stereocenters. The van der Waals surface area contributed by atoms with Crippen LogP contribution in [0.1, 0.15) is 22.8 Å². The van der Waals surface area contributed by atoms with Crippen LogP contribution in [-0.2, 0) is 14.3 Å². The number of carbonyl (C=O) groups is 3. The van der Waals surface area contributed by atoms with E-state index in [4.69, 9.17) is 9.47 Å². The molecule has 0 aliphatic rings. The Morgan fingerprint density at radius 3 is 2.33 bits per heavy atom. The van der Waals surface area contributed by atoms with Crippen LogP contribution in [0.5, 0.6) is 5.75 Å². The van der Waals surface area contributed by atoms with E-state index in [1.165, 1.54) is 6.08 Å². The summed E-state index contributed by atoms with van der Waals surface area (Å²) in [5.74, 6) is -1.00. The smallest absolute Gasteiger partial charge is 0.338 e. The minimum Gasteiger partial charge on any atom is -0.484 e. The lowest BCUT2D eigenvalue weighted by Gasteiger charge is -2.08. The highest BCUT2D eigenvalue weighted by atomic mass is 16.5. The quantitative estimate of drug-likeness (QED) is 0.443. The Balaban J connectivity index is 1.72. The molecule has 2 N–H and O–H groups in total. The predicted molar refractivity (Wildman–Crippen MR) is 99.7 cm³/mol. The van der Waals surface area contributed by atoms with Gasteiger partial charge in [-0.2, -0.15) is 0 Å². The van der Waals surface area contributed by atoms with E-state index in [0.29, 0.717) is 17.9 Å². The van der Waals surface area contributed by atoms with Gasteiger partial charge in [-0.05, 0) is 42.8 Å². The first-order valence-corrected chi connectivity index (χ1v) is 8.30. The molecule has 0 fully saturated rings. The fourth-order valence-corrected chi connectivity index (χ4v) is 2.00. The van der Waals surface area contributed by atoms with E-state index in [1.807, 2.05) is 30.3 Å². The lowest BCUT2D eigenvalue weighted by Crippen LogP contribution is -2.43. The van der Waals surface area contributed by atoms with E-state index in [1.54, 1.807) is 37.3 Å². The van der Waals surface area contributed by atoms with E-state index < -0.39 is 17.8 Å². The summed E-state index contributed by atoms with van der Waals surface area (Å²) in [4.78, 5) is 34.9. The maximum absolute atomic E-state index is 11.7. The Labute approximate surface area is 156 Å². The van der Waals surface area contributed by atoms with Gasteiger partial charge in [0.2, 0.25) is 0 Å². The van der Waals surface area contributed by atoms with Crippen molar-refractivity contribution in [1.29, 1.82) is 0 Å². The van der Waals surface area contributed by atoms with Crippen molar-refractivity contribution in [1.82, 2.24) is 10.9 Å². The Kier molecular flexibility index (Phi) is 7.59. The highest BCUT2D eigenvalue weighted by Crippen LogP contribution is 2.12. The molecule has 0 atom stereocenters. The Morgan fingerprint density at radius 1 is 0.963 bits per heavy atom. The summed E-state index contributed by atoms with van der Waals surface area (Å²) in [5, 5.41) is 0. The van der Waals surface area contributed by atoms with E-state index in [2.05, 4.69) is 10.9 Å². The molecule has 0 spiro atoms. The van der Waals surface area contributed by atoms with E-state index in [0.717, 1.165) is 5.56 Å². The third kappa shape index (κ3) is 7.03. The summed E-state index contributed by atoms with van der Waals surface area (Å²) in [6.07, 6.45) is 2.94. The number of carbonyl (C=O) groups excluding carboxylic acids is 3. The molecule has 0 aliphatic carbocycles. The molecule has 2 rings (SSSR count). The molecule has 0 radical (unpaired) electrons. The zero-order valence-electron chi connectivity index (χ0n) is 14.8. The molecule has 27 heavy (non-hydrogen) atoms. The molecular formula is C20H20N2O5. The third-order valence-electron chi connectivity index (χ3n) is 3.29. The average Bonchev–Trinajstić information content (AvgIpc) is 2.70. The minimum absolute atomic E-state index is 0.290. The number of rotatable bonds is 7. The van der Waals surface area contributed by atoms with Crippen LogP contribution >= 0.6 is 0 Å². The Bertz CT molecular complexity index is 801. The molecule has 0 aromatic heterocycles. The van der Waals surface area contributed by atoms with Crippen LogP contribution in [0, 0.1) is 0 Å². The average molecular weight is 368 g/mol. The molecule has 140 valence electrons. The summed E-state index contributed by atoms with van der Waals surface area (Å²) < 4.78 is 10.2. The second-order valence-corrected chi connectivity index (χ2v) is 5.31. The molecule has 2 aromatic rings. The number of hydrazine groups is 1. The van der Waals surface area contributed by atoms with Crippen LogP contribution in [0.15, 0.2) is 60.7 Å². The van der Waals surface area contributed by atoms with Crippen molar-refractivity contribution in [2.24, 2.45) is 0 Å². The first-order valence-electron chi connectivity index (χ1n) is 8.30. The zero-order valence-corrected chi connectivity index (χ0v) is 14.8. The highest BCUT2D eigenvalue weighted by molar-refractivity contribution is 5.93. The summed E-state index contributed by atoms with van der Waals surface area (Å²) in [6.45, 7) is 1.73. The van der Waals surface area contributed by atoms with Gasteiger partial charge in [0.1, 0.15) is 5.75 Å². The van der Waals surface area contributed by atoms with Gasteiger partial charge in [0, 0.05) is 6.08 Å². The second-order valence-electron chi connectivity index (χ2n) is 5.31. The van der Waals surface area contributed by atoms with Crippen molar-refractivity contribution in [3.63, 3.8) is 0 Å². The lowest BCUT2D eigenvalue weighted by atomic mass is 10.2. The number of hydrogen-bond donors (Lipinski definition) is 2. The van der Waals surface area contributed by atoms with Crippen molar-refractivity contribution in [3.05, 3.63) is 71.8 Å². The molecule has 7 nitrogen and oxygen atoms in total. The van der Waals surface area contributed by atoms with Crippen LogP contribution in [0.2, 0.25) is 0 Å². The normalized spacial score (nSPS) is 10.3. The van der Waals surface area contributed by atoms with Crippen LogP contribution in [0.25, 0.3) is 6.08 Å². The number of nitrogens with one attached hydrogen (secondary N) is 2. The molecular weight excluding hydrogens is 348 g/mol. The van der Waals surface area contributed by atoms with Gasteiger partial charge in [0.25, 0.3) is 11.8 Å². The topological polar surface area (TPSA) is 93.7 Å². The first-order chi connectivity index (χ1) is 13.1. The van der Waals surface area contributed by atoms with Crippen molar-refractivity contribution in [2.45, 2.75) is 6.92 Å². The molecule has 0 bridgehead atoms. The van der Waals surface area contributed by atoms with Crippen molar-refractivity contribution in [3.8, 4) is 5.75 Å². The molecule has 0 saturated carbocycles. The molecule has 2 aromatic carbocycles. The number of hydrogen-bond acceptors (Lipinski definition) is 5. The number of ether oxygens (including phenoxy) is 2. The summed E-state index contributed by atoms with van der Waals surface area (Å²) in [6, 6.07) is 15.5. The SMILES string of the molecule is CCOC(=O)c1ccc(OCC(=O)NNC(=O)/C=C/c2ccccc2)cc1. The van der Waals surface area contributed by atoms with Crippen molar-refractivity contribution in [2.75, 3.05) is 13.2 Å². The van der Waals surface area contributed by atoms with Gasteiger partial charge < -0.3 is 9.47 Å². The maximum atomic E-state index is 11.7. The van der Waals surface area contributed by atoms with E-state index in [9.17, 15) is 14.4 Å².